The Morgan fingerprint density at radius 1 is 0.431 bits per heavy atom. The molecule has 0 saturated heterocycles. The molecule has 0 aliphatic heterocycles. The predicted octanol–water partition coefficient (Wildman–Crippen LogP) is 16.1. The first-order valence-corrected chi connectivity index (χ1v) is 23.5. The van der Waals surface area contributed by atoms with Crippen LogP contribution < -0.4 is 9.30 Å². The number of rotatable bonds is 9. The van der Waals surface area contributed by atoms with Gasteiger partial charge in [0.15, 0.2) is 0 Å². The SMILES string of the molecule is [2H]c1c([2H])c([2H])c(-c2cccc(-c3c([2H])c([2H])c([2H])c([2H])c3[2H])c2-[n+]2[c-]n(-c3cccc(Oc4ccc5c6ccccc6n(-c6cc(-n7c8ccccc8c8cccc(-c9ccccc9)c87)ccn6)c5c4)c3)c3ccccc32)c([2H])c1[2H]. The molecule has 6 heteroatoms. The highest BCUT2D eigenvalue weighted by molar-refractivity contribution is 6.14. The van der Waals surface area contributed by atoms with E-state index < -0.39 is 60.4 Å². The minimum Gasteiger partial charge on any atom is -0.458 e. The largest absolute Gasteiger partial charge is 0.458 e. The number of imidazole rings is 1. The molecule has 6 nitrogen and oxygen atoms in total. The summed E-state index contributed by atoms with van der Waals surface area (Å²) in [7, 11) is 0. The zero-order valence-corrected chi connectivity index (χ0v) is 38.2. The van der Waals surface area contributed by atoms with Crippen molar-refractivity contribution in [2.24, 2.45) is 0 Å². The van der Waals surface area contributed by atoms with Crippen LogP contribution in [0.1, 0.15) is 13.7 Å². The maximum absolute atomic E-state index is 9.07. The summed E-state index contributed by atoms with van der Waals surface area (Å²) in [6, 6.07) is 58.3. The molecule has 72 heavy (non-hydrogen) atoms. The third kappa shape index (κ3) is 6.80. The van der Waals surface area contributed by atoms with Gasteiger partial charge in [-0.1, -0.05) is 194 Å². The van der Waals surface area contributed by atoms with Gasteiger partial charge < -0.3 is 9.30 Å². The summed E-state index contributed by atoms with van der Waals surface area (Å²) in [5.74, 6) is 1.78. The van der Waals surface area contributed by atoms with Crippen molar-refractivity contribution in [3.8, 4) is 67.8 Å². The summed E-state index contributed by atoms with van der Waals surface area (Å²) in [5.41, 5.74) is 9.25. The number of hydrogen-bond acceptors (Lipinski definition) is 2. The molecule has 0 aliphatic carbocycles. The molecule has 0 radical (unpaired) electrons. The van der Waals surface area contributed by atoms with Crippen LogP contribution in [0.2, 0.25) is 0 Å². The zero-order valence-electron chi connectivity index (χ0n) is 48.2. The molecule has 0 fully saturated rings. The molecule has 14 aromatic rings. The zero-order chi connectivity index (χ0) is 56.2. The Hall–Kier alpha value is -9.78. The number of aromatic nitrogens is 5. The molecule has 4 heterocycles. The quantitative estimate of drug-likeness (QED) is 0.107. The first-order valence-electron chi connectivity index (χ1n) is 28.5. The Kier molecular flexibility index (Phi) is 7.59. The van der Waals surface area contributed by atoms with Crippen LogP contribution >= 0.6 is 0 Å². The maximum Gasteiger partial charge on any atom is 0.269 e. The Bertz CT molecular complexity index is 4850. The highest BCUT2D eigenvalue weighted by Crippen LogP contribution is 2.41. The molecule has 0 saturated carbocycles. The lowest BCUT2D eigenvalue weighted by Gasteiger charge is -2.17. The van der Waals surface area contributed by atoms with E-state index in [0.717, 1.165) is 66.2 Å². The van der Waals surface area contributed by atoms with Crippen LogP contribution in [-0.2, 0) is 0 Å². The number of nitrogens with zero attached hydrogens (tertiary/aromatic N) is 5. The lowest BCUT2D eigenvalue weighted by Crippen LogP contribution is -2.31. The number of ether oxygens (including phenoxy) is 1. The minimum atomic E-state index is -0.571. The summed E-state index contributed by atoms with van der Waals surface area (Å²) >= 11 is 0. The summed E-state index contributed by atoms with van der Waals surface area (Å²) < 4.78 is 102. The minimum absolute atomic E-state index is 0.136. The van der Waals surface area contributed by atoms with E-state index in [4.69, 9.17) is 23.4 Å². The van der Waals surface area contributed by atoms with E-state index in [1.54, 1.807) is 27.3 Å². The first-order chi connectivity index (χ1) is 39.9. The maximum atomic E-state index is 9.07. The van der Waals surface area contributed by atoms with E-state index in [2.05, 4.69) is 113 Å². The van der Waals surface area contributed by atoms with Gasteiger partial charge in [-0.05, 0) is 76.3 Å². The molecule has 0 bridgehead atoms. The van der Waals surface area contributed by atoms with Crippen LogP contribution in [0, 0.1) is 6.33 Å². The Morgan fingerprint density at radius 2 is 1.03 bits per heavy atom. The van der Waals surface area contributed by atoms with E-state index >= 15 is 0 Å². The molecule has 0 aliphatic rings. The third-order valence-corrected chi connectivity index (χ3v) is 13.3. The van der Waals surface area contributed by atoms with E-state index in [0.29, 0.717) is 28.2 Å². The molecule has 14 rings (SSSR count). The molecule has 10 aromatic carbocycles. The van der Waals surface area contributed by atoms with Gasteiger partial charge in [0, 0.05) is 45.4 Å². The smallest absolute Gasteiger partial charge is 0.269 e. The highest BCUT2D eigenvalue weighted by atomic mass is 16.5. The Morgan fingerprint density at radius 3 is 1.79 bits per heavy atom. The third-order valence-electron chi connectivity index (χ3n) is 13.3. The van der Waals surface area contributed by atoms with Crippen LogP contribution in [0.3, 0.4) is 0 Å². The van der Waals surface area contributed by atoms with Crippen molar-refractivity contribution in [1.82, 2.24) is 18.7 Å². The van der Waals surface area contributed by atoms with Gasteiger partial charge in [-0.2, -0.15) is 0 Å². The van der Waals surface area contributed by atoms with Gasteiger partial charge in [0.05, 0.1) is 63.9 Å². The van der Waals surface area contributed by atoms with E-state index in [9.17, 15) is 0 Å². The first kappa shape index (κ1) is 32.1. The van der Waals surface area contributed by atoms with Crippen LogP contribution in [0.4, 0.5) is 0 Å². The van der Waals surface area contributed by atoms with Crippen molar-refractivity contribution in [3.63, 3.8) is 0 Å². The van der Waals surface area contributed by atoms with Crippen molar-refractivity contribution in [2.45, 2.75) is 0 Å². The molecular formula is C66H43N5O. The van der Waals surface area contributed by atoms with Crippen molar-refractivity contribution >= 4 is 54.6 Å². The molecule has 338 valence electrons. The van der Waals surface area contributed by atoms with Gasteiger partial charge >= 0.3 is 0 Å². The van der Waals surface area contributed by atoms with Crippen LogP contribution in [-0.4, -0.2) is 18.7 Å². The Labute approximate surface area is 429 Å². The van der Waals surface area contributed by atoms with E-state index in [1.165, 1.54) is 0 Å². The summed E-state index contributed by atoms with van der Waals surface area (Å²) in [5, 5.41) is 4.36. The van der Waals surface area contributed by atoms with Gasteiger partial charge in [0.2, 0.25) is 0 Å². The lowest BCUT2D eigenvalue weighted by molar-refractivity contribution is -0.571. The summed E-state index contributed by atoms with van der Waals surface area (Å²) in [6.45, 7) is 0. The topological polar surface area (TPSA) is 40.8 Å². The molecule has 4 aromatic heterocycles. The van der Waals surface area contributed by atoms with Gasteiger partial charge in [-0.15, -0.1) is 0 Å². The lowest BCUT2D eigenvalue weighted by atomic mass is 9.95. The van der Waals surface area contributed by atoms with Crippen LogP contribution in [0.5, 0.6) is 11.5 Å². The molecule has 0 N–H and O–H groups in total. The molecule has 0 unspecified atom stereocenters. The van der Waals surface area contributed by atoms with Gasteiger partial charge in [0.25, 0.3) is 6.33 Å². The second-order valence-corrected chi connectivity index (χ2v) is 17.4. The molecule has 0 amide bonds. The van der Waals surface area contributed by atoms with Crippen LogP contribution in [0.25, 0.3) is 111 Å². The molecular weight excluding hydrogens is 879 g/mol. The predicted molar refractivity (Wildman–Crippen MR) is 293 cm³/mol. The standard InChI is InChI=1S/C66H43N5O/c1-4-19-45(20-5-1)52-29-17-30-53(46-21-6-2-7-22-46)65(52)69-44-68(61-35-14-15-36-62(61)69)48-25-16-26-50(41-48)72-51-37-38-57-55-27-10-13-34-60(55)71(63(57)43-51)64-42-49(39-40-67-64)70-59-33-12-11-28-56(59)58-32-18-31-54(66(58)70)47-23-8-3-9-24-47/h1-43H/i1D,2D,4D,5D,6D,7D,19D,20D,21D,22D. The number of para-hydroxylation sites is 6. The second-order valence-electron chi connectivity index (χ2n) is 17.4. The van der Waals surface area contributed by atoms with E-state index in [1.807, 2.05) is 85.1 Å². The Balaban J connectivity index is 0.900. The van der Waals surface area contributed by atoms with Gasteiger partial charge in [0.1, 0.15) is 17.3 Å². The van der Waals surface area contributed by atoms with E-state index in [-0.39, 0.29) is 27.9 Å². The molecule has 0 atom stereocenters. The fourth-order valence-corrected chi connectivity index (χ4v) is 10.3. The van der Waals surface area contributed by atoms with Crippen LogP contribution in [0.15, 0.2) is 261 Å². The second kappa shape index (κ2) is 17.0. The van der Waals surface area contributed by atoms with Crippen molar-refractivity contribution in [2.75, 3.05) is 0 Å². The average Bonchev–Trinajstić information content (AvgIpc) is 2.44. The average molecular weight is 932 g/mol. The number of hydrogen-bond donors (Lipinski definition) is 0. The molecule has 0 spiro atoms. The normalized spacial score (nSPS) is 13.6. The number of benzene rings is 10. The van der Waals surface area contributed by atoms with Gasteiger partial charge in [-0.3, -0.25) is 13.7 Å². The number of fused-ring (bicyclic) bond motifs is 7. The van der Waals surface area contributed by atoms with Crippen molar-refractivity contribution < 1.29 is 23.0 Å². The number of pyridine rings is 1. The fourth-order valence-electron chi connectivity index (χ4n) is 10.3. The summed E-state index contributed by atoms with van der Waals surface area (Å²) in [4.78, 5) is 5.04. The van der Waals surface area contributed by atoms with Crippen molar-refractivity contribution in [3.05, 3.63) is 267 Å². The summed E-state index contributed by atoms with van der Waals surface area (Å²) in [6.07, 6.45) is 5.32. The fraction of sp³-hybridized carbons (Fsp3) is 0. The monoisotopic (exact) mass is 931 g/mol. The van der Waals surface area contributed by atoms with Gasteiger partial charge in [-0.25, -0.2) is 4.98 Å². The van der Waals surface area contributed by atoms with Crippen molar-refractivity contribution in [1.29, 1.82) is 0 Å². The highest BCUT2D eigenvalue weighted by Gasteiger charge is 2.22.